The highest BCUT2D eigenvalue weighted by molar-refractivity contribution is 8.32. The second-order valence-corrected chi connectivity index (χ2v) is 31.9. The second-order valence-electron chi connectivity index (χ2n) is 23.6. The molecule has 0 saturated carbocycles. The first-order valence-corrected chi connectivity index (χ1v) is 33.0. The van der Waals surface area contributed by atoms with Crippen LogP contribution in [0.1, 0.15) is 72.9 Å². The molecule has 0 aromatic heterocycles. The summed E-state index contributed by atoms with van der Waals surface area (Å²) in [4.78, 5) is 7.72. The average Bonchev–Trinajstić information content (AvgIpc) is 3.21. The van der Waals surface area contributed by atoms with Crippen molar-refractivity contribution in [3.63, 3.8) is 0 Å². The number of nitrogens with zero attached hydrogens (tertiary/aromatic N) is 2. The Balaban J connectivity index is 1.07. The maximum absolute atomic E-state index is 2.49. The zero-order valence-corrected chi connectivity index (χ0v) is 47.8. The summed E-state index contributed by atoms with van der Waals surface area (Å²) in [6.45, 7) is 9.09. The molecule has 1 spiro atoms. The van der Waals surface area contributed by atoms with Gasteiger partial charge in [0.2, 0.25) is 0 Å². The fraction of sp³-hybridized carbons (Fsp3) is 0.178. The van der Waals surface area contributed by atoms with Crippen LogP contribution in [-0.2, 0) is 5.41 Å². The van der Waals surface area contributed by atoms with Crippen LogP contribution in [0, 0.1) is 0 Å². The van der Waals surface area contributed by atoms with E-state index in [0.717, 1.165) is 34.1 Å². The lowest BCUT2D eigenvalue weighted by Crippen LogP contribution is -2.26. The quantitative estimate of drug-likeness (QED) is 0.126. The van der Waals surface area contributed by atoms with E-state index in [1.807, 2.05) is 0 Å². The number of hydrogen-bond acceptors (Lipinski definition) is 2. The van der Waals surface area contributed by atoms with Crippen molar-refractivity contribution >= 4 is 86.5 Å². The van der Waals surface area contributed by atoms with Gasteiger partial charge in [0.25, 0.3) is 0 Å². The number of hydrogen-bond donors (Lipinski definition) is 0. The van der Waals surface area contributed by atoms with E-state index in [1.54, 1.807) is 0 Å². The highest BCUT2D eigenvalue weighted by atomic mass is 32.3. The van der Waals surface area contributed by atoms with Crippen molar-refractivity contribution in [2.45, 2.75) is 54.7 Å². The van der Waals surface area contributed by atoms with Crippen molar-refractivity contribution in [2.75, 3.05) is 47.3 Å². The van der Waals surface area contributed by atoms with Crippen LogP contribution in [0.4, 0.5) is 34.1 Å². The van der Waals surface area contributed by atoms with Gasteiger partial charge in [0.15, 0.2) is 0 Å². The molecule has 2 aliphatic rings. The van der Waals surface area contributed by atoms with Gasteiger partial charge in [-0.3, -0.25) is 0 Å². The van der Waals surface area contributed by atoms with Crippen molar-refractivity contribution in [2.24, 2.45) is 0 Å². The Bertz CT molecular complexity index is 4050. The number of rotatable bonds is 10. The lowest BCUT2D eigenvalue weighted by atomic mass is 9.68. The van der Waals surface area contributed by atoms with Gasteiger partial charge >= 0.3 is 0 Å². The van der Waals surface area contributed by atoms with Gasteiger partial charge in [0.05, 0.1) is 5.41 Å². The summed E-state index contributed by atoms with van der Waals surface area (Å²) in [6, 6.07) is 84.3. The first-order chi connectivity index (χ1) is 37.1. The van der Waals surface area contributed by atoms with E-state index in [4.69, 9.17) is 0 Å². The Labute approximate surface area is 459 Å². The van der Waals surface area contributed by atoms with E-state index < -0.39 is 25.5 Å². The maximum Gasteiger partial charge on any atom is 0.0737 e. The summed E-state index contributed by atoms with van der Waals surface area (Å²) in [5, 5.41) is 7.60. The van der Waals surface area contributed by atoms with Gasteiger partial charge in [0.1, 0.15) is 0 Å². The van der Waals surface area contributed by atoms with Gasteiger partial charge < -0.3 is 9.80 Å². The van der Waals surface area contributed by atoms with E-state index in [2.05, 4.69) is 293 Å². The Kier molecular flexibility index (Phi) is 11.7. The molecular formula is C73H68N2S2. The lowest BCUT2D eigenvalue weighted by molar-refractivity contribution is 0.809. The predicted octanol–water partition coefficient (Wildman–Crippen LogP) is 20.8. The van der Waals surface area contributed by atoms with E-state index >= 15 is 0 Å². The van der Waals surface area contributed by atoms with Crippen LogP contribution in [0.15, 0.2) is 228 Å². The Morgan fingerprint density at radius 3 is 1.22 bits per heavy atom. The number of benzene rings is 11. The molecule has 13 rings (SSSR count). The van der Waals surface area contributed by atoms with Crippen molar-refractivity contribution in [3.8, 4) is 22.3 Å². The molecule has 0 saturated heterocycles. The van der Waals surface area contributed by atoms with Crippen LogP contribution >= 0.6 is 20.1 Å². The predicted molar refractivity (Wildman–Crippen MR) is 340 cm³/mol. The smallest absolute Gasteiger partial charge is 0.0737 e. The van der Waals surface area contributed by atoms with Crippen LogP contribution in [0.2, 0.25) is 0 Å². The van der Waals surface area contributed by atoms with E-state index in [9.17, 15) is 0 Å². The molecule has 0 heterocycles. The molecule has 0 fully saturated rings. The molecule has 0 amide bonds. The van der Waals surface area contributed by atoms with E-state index in [0.29, 0.717) is 11.8 Å². The first-order valence-electron chi connectivity index (χ1n) is 27.2. The highest BCUT2D eigenvalue weighted by Gasteiger charge is 2.54. The summed E-state index contributed by atoms with van der Waals surface area (Å²) in [7, 11) is -1.78. The standard InChI is InChI=1S/C73H68N2S2/c1-47(2)49-23-28-52(29-24-49)74(54-32-38-58(39-33-54)76(5,6)7)56-36-43-60-51(45-56)27-42-66-70-64-20-12-11-17-61(64)67-46-57(75(53-30-25-50(26-31-53)48(3)4)55-34-40-59(41-35-55)77(8,9)10)37-44-65(67)72(70)73(71(60)66)68-21-15-13-18-62(68)63-19-14-16-22-69(63)73/h11-48H,1-10H3. The van der Waals surface area contributed by atoms with Crippen molar-refractivity contribution in [1.29, 1.82) is 0 Å². The summed E-state index contributed by atoms with van der Waals surface area (Å²) in [5.41, 5.74) is 19.7. The normalized spacial score (nSPS) is 13.8. The van der Waals surface area contributed by atoms with Crippen LogP contribution in [0.3, 0.4) is 0 Å². The van der Waals surface area contributed by atoms with E-state index in [1.165, 1.54) is 97.7 Å². The summed E-state index contributed by atoms with van der Waals surface area (Å²) >= 11 is 0. The van der Waals surface area contributed by atoms with Gasteiger partial charge in [-0.2, -0.15) is 0 Å². The Morgan fingerprint density at radius 1 is 0.325 bits per heavy atom. The fourth-order valence-corrected chi connectivity index (χ4v) is 14.8. The summed E-state index contributed by atoms with van der Waals surface area (Å²) < 4.78 is 0. The van der Waals surface area contributed by atoms with Gasteiger partial charge in [-0.1, -0.05) is 149 Å². The molecule has 0 atom stereocenters. The molecule has 0 aliphatic heterocycles. The SMILES string of the molecule is CC(C)c1ccc(N(c2ccc(S(C)(C)C)cc2)c2ccc3c4c(ccc3c2)-c2c(c3ccc(N(c5ccc(C(C)C)cc5)c5ccc(S(C)(C)C)cc5)cc3c3ccccc23)C42c3ccccc3-c3ccccc32)cc1. The zero-order chi connectivity index (χ0) is 53.1. The van der Waals surface area contributed by atoms with Gasteiger partial charge in [-0.15, -0.1) is 0 Å². The monoisotopic (exact) mass is 1040 g/mol. The fourth-order valence-electron chi connectivity index (χ4n) is 12.9. The first kappa shape index (κ1) is 49.1. The lowest BCUT2D eigenvalue weighted by Gasteiger charge is -2.33. The van der Waals surface area contributed by atoms with Gasteiger partial charge in [-0.25, -0.2) is 20.1 Å². The second kappa shape index (κ2) is 18.3. The molecule has 0 radical (unpaired) electrons. The van der Waals surface area contributed by atoms with Crippen LogP contribution in [-0.4, -0.2) is 37.5 Å². The largest absolute Gasteiger partial charge is 0.310 e. The Morgan fingerprint density at radius 2 is 0.740 bits per heavy atom. The van der Waals surface area contributed by atoms with E-state index in [-0.39, 0.29) is 0 Å². The molecule has 0 bridgehead atoms. The molecule has 2 aliphatic carbocycles. The third-order valence-electron chi connectivity index (χ3n) is 16.7. The molecule has 0 unspecified atom stereocenters. The molecule has 382 valence electrons. The van der Waals surface area contributed by atoms with Crippen LogP contribution in [0.25, 0.3) is 54.6 Å². The molecule has 2 nitrogen and oxygen atoms in total. The average molecular weight is 1040 g/mol. The molecule has 4 heteroatoms. The molecular weight excluding hydrogens is 969 g/mol. The zero-order valence-electron chi connectivity index (χ0n) is 46.2. The van der Waals surface area contributed by atoms with Gasteiger partial charge in [-0.05, 0) is 244 Å². The third-order valence-corrected chi connectivity index (χ3v) is 20.1. The molecule has 11 aromatic rings. The topological polar surface area (TPSA) is 6.48 Å². The minimum Gasteiger partial charge on any atom is -0.310 e. The molecule has 77 heavy (non-hydrogen) atoms. The minimum atomic E-state index is -0.898. The summed E-state index contributed by atoms with van der Waals surface area (Å²) in [6.07, 6.45) is 14.2. The molecule has 0 N–H and O–H groups in total. The van der Waals surface area contributed by atoms with Crippen molar-refractivity contribution in [1.82, 2.24) is 0 Å². The van der Waals surface area contributed by atoms with Crippen molar-refractivity contribution in [3.05, 3.63) is 252 Å². The maximum atomic E-state index is 2.49. The van der Waals surface area contributed by atoms with Crippen molar-refractivity contribution < 1.29 is 0 Å². The highest BCUT2D eigenvalue weighted by Crippen LogP contribution is 2.67. The van der Waals surface area contributed by atoms with Crippen LogP contribution < -0.4 is 9.80 Å². The summed E-state index contributed by atoms with van der Waals surface area (Å²) in [5.74, 6) is 0.897. The minimum absolute atomic E-state index is 0.446. The Hall–Kier alpha value is -7.50. The van der Waals surface area contributed by atoms with Crippen LogP contribution in [0.5, 0.6) is 0 Å². The number of anilines is 6. The van der Waals surface area contributed by atoms with Gasteiger partial charge in [0, 0.05) is 34.1 Å². The third kappa shape index (κ3) is 7.85. The number of fused-ring (bicyclic) bond motifs is 17. The molecule has 11 aromatic carbocycles.